The van der Waals surface area contributed by atoms with Crippen LogP contribution in [0.25, 0.3) is 0 Å². The lowest BCUT2D eigenvalue weighted by Crippen LogP contribution is -2.51. The van der Waals surface area contributed by atoms with Crippen LogP contribution in [0, 0.1) is 0 Å². The van der Waals surface area contributed by atoms with E-state index >= 15 is 0 Å². The minimum Gasteiger partial charge on any atom is -0.497 e. The second-order valence-electron chi connectivity index (χ2n) is 4.37. The molecule has 0 unspecified atom stereocenters. The van der Waals surface area contributed by atoms with Crippen molar-refractivity contribution in [3.05, 3.63) is 24.3 Å². The van der Waals surface area contributed by atoms with E-state index in [1.807, 2.05) is 0 Å². The van der Waals surface area contributed by atoms with E-state index in [4.69, 9.17) is 4.74 Å². The molecule has 0 atom stereocenters. The molecule has 0 aliphatic carbocycles. The molecule has 0 spiro atoms. The lowest BCUT2D eigenvalue weighted by molar-refractivity contribution is 0.150. The molecule has 4 amide bonds. The number of nitrogens with zero attached hydrogens (tertiary/aromatic N) is 2. The molecule has 6 heteroatoms. The highest BCUT2D eigenvalue weighted by atomic mass is 16.5. The van der Waals surface area contributed by atoms with Crippen LogP contribution in [-0.4, -0.2) is 49.1 Å². The molecule has 0 saturated carbocycles. The zero-order valence-corrected chi connectivity index (χ0v) is 11.0. The first kappa shape index (κ1) is 13.2. The molecule has 19 heavy (non-hydrogen) atoms. The first-order valence-electron chi connectivity index (χ1n) is 6.09. The second kappa shape index (κ2) is 5.60. The Morgan fingerprint density at radius 3 is 2.58 bits per heavy atom. The Morgan fingerprint density at radius 1 is 1.26 bits per heavy atom. The third kappa shape index (κ3) is 2.96. The predicted octanol–water partition coefficient (Wildman–Crippen LogP) is 1.98. The van der Waals surface area contributed by atoms with Crippen LogP contribution in [-0.2, 0) is 0 Å². The minimum atomic E-state index is -0.401. The van der Waals surface area contributed by atoms with Gasteiger partial charge in [-0.2, -0.15) is 0 Å². The molecule has 1 aliphatic rings. The average molecular weight is 263 g/mol. The monoisotopic (exact) mass is 263 g/mol. The third-order valence-corrected chi connectivity index (χ3v) is 3.02. The maximum absolute atomic E-state index is 12.0. The van der Waals surface area contributed by atoms with E-state index in [0.29, 0.717) is 24.5 Å². The summed E-state index contributed by atoms with van der Waals surface area (Å²) in [4.78, 5) is 26.6. The number of methoxy groups -OCH3 is 1. The second-order valence-corrected chi connectivity index (χ2v) is 4.37. The molecule has 1 fully saturated rings. The normalized spacial score (nSPS) is 15.4. The Morgan fingerprint density at radius 2 is 1.95 bits per heavy atom. The quantitative estimate of drug-likeness (QED) is 0.887. The van der Waals surface area contributed by atoms with Crippen LogP contribution in [0.4, 0.5) is 15.3 Å². The fourth-order valence-corrected chi connectivity index (χ4v) is 1.92. The van der Waals surface area contributed by atoms with Crippen molar-refractivity contribution < 1.29 is 14.3 Å². The van der Waals surface area contributed by atoms with Gasteiger partial charge in [-0.15, -0.1) is 0 Å². The molecule has 0 bridgehead atoms. The molecule has 1 aliphatic heterocycles. The molecular formula is C13H17N3O3. The van der Waals surface area contributed by atoms with Crippen molar-refractivity contribution in [2.24, 2.45) is 0 Å². The molecule has 1 heterocycles. The number of amides is 4. The summed E-state index contributed by atoms with van der Waals surface area (Å²) in [7, 11) is 3.27. The highest BCUT2D eigenvalue weighted by Gasteiger charge is 2.27. The minimum absolute atomic E-state index is 0.266. The van der Waals surface area contributed by atoms with Gasteiger partial charge in [0.2, 0.25) is 0 Å². The number of hydrogen-bond acceptors (Lipinski definition) is 3. The van der Waals surface area contributed by atoms with Crippen LogP contribution in [0.15, 0.2) is 24.3 Å². The Bertz CT molecular complexity index is 473. The number of hydrogen-bond donors (Lipinski definition) is 1. The van der Waals surface area contributed by atoms with Gasteiger partial charge in [0.05, 0.1) is 7.11 Å². The van der Waals surface area contributed by atoms with E-state index in [0.717, 1.165) is 6.42 Å². The Labute approximate surface area is 111 Å². The van der Waals surface area contributed by atoms with Gasteiger partial charge in [-0.1, -0.05) is 0 Å². The number of urea groups is 2. The van der Waals surface area contributed by atoms with Gasteiger partial charge in [0.25, 0.3) is 0 Å². The van der Waals surface area contributed by atoms with Crippen LogP contribution < -0.4 is 10.1 Å². The smallest absolute Gasteiger partial charge is 0.329 e. The molecule has 0 aromatic heterocycles. The van der Waals surface area contributed by atoms with Crippen molar-refractivity contribution in [1.29, 1.82) is 0 Å². The fraction of sp³-hybridized carbons (Fsp3) is 0.385. The summed E-state index contributed by atoms with van der Waals surface area (Å²) in [6.07, 6.45) is 0.790. The van der Waals surface area contributed by atoms with Crippen molar-refractivity contribution in [3.63, 3.8) is 0 Å². The standard InChI is InChI=1S/C13H17N3O3/c1-15-8-3-9-16(13(15)18)12(17)14-10-4-6-11(19-2)7-5-10/h4-7H,3,8-9H2,1-2H3,(H,14,17). The van der Waals surface area contributed by atoms with Gasteiger partial charge in [-0.25, -0.2) is 14.5 Å². The van der Waals surface area contributed by atoms with Gasteiger partial charge in [0.1, 0.15) is 5.75 Å². The van der Waals surface area contributed by atoms with E-state index in [1.54, 1.807) is 38.4 Å². The molecule has 2 rings (SSSR count). The summed E-state index contributed by atoms with van der Waals surface area (Å²) in [6.45, 7) is 1.14. The Kier molecular flexibility index (Phi) is 3.89. The van der Waals surface area contributed by atoms with Crippen molar-refractivity contribution in [2.45, 2.75) is 6.42 Å². The van der Waals surface area contributed by atoms with Crippen LogP contribution >= 0.6 is 0 Å². The molecule has 0 radical (unpaired) electrons. The van der Waals surface area contributed by atoms with Crippen molar-refractivity contribution in [2.75, 3.05) is 32.6 Å². The Hall–Kier alpha value is -2.24. The van der Waals surface area contributed by atoms with E-state index in [2.05, 4.69) is 5.32 Å². The molecule has 1 saturated heterocycles. The molecule has 1 aromatic carbocycles. The van der Waals surface area contributed by atoms with Gasteiger partial charge in [0.15, 0.2) is 0 Å². The molecule has 6 nitrogen and oxygen atoms in total. The van der Waals surface area contributed by atoms with Crippen LogP contribution in [0.5, 0.6) is 5.75 Å². The number of carbonyl (C=O) groups is 2. The van der Waals surface area contributed by atoms with Gasteiger partial charge in [0, 0.05) is 25.8 Å². The zero-order chi connectivity index (χ0) is 13.8. The summed E-state index contributed by atoms with van der Waals surface area (Å²) < 4.78 is 5.04. The summed E-state index contributed by atoms with van der Waals surface area (Å²) in [6, 6.07) is 6.29. The van der Waals surface area contributed by atoms with Crippen molar-refractivity contribution in [1.82, 2.24) is 9.80 Å². The number of carbonyl (C=O) groups excluding carboxylic acids is 2. The van der Waals surface area contributed by atoms with Crippen LogP contribution in [0.3, 0.4) is 0 Å². The topological polar surface area (TPSA) is 61.9 Å². The van der Waals surface area contributed by atoms with E-state index < -0.39 is 6.03 Å². The van der Waals surface area contributed by atoms with Crippen LogP contribution in [0.2, 0.25) is 0 Å². The van der Waals surface area contributed by atoms with Gasteiger partial charge >= 0.3 is 12.1 Å². The zero-order valence-electron chi connectivity index (χ0n) is 11.0. The fourth-order valence-electron chi connectivity index (χ4n) is 1.92. The lowest BCUT2D eigenvalue weighted by Gasteiger charge is -2.31. The SMILES string of the molecule is COc1ccc(NC(=O)N2CCCN(C)C2=O)cc1. The third-order valence-electron chi connectivity index (χ3n) is 3.02. The number of benzene rings is 1. The van der Waals surface area contributed by atoms with E-state index in [9.17, 15) is 9.59 Å². The highest BCUT2D eigenvalue weighted by molar-refractivity contribution is 6.00. The number of ether oxygens (including phenoxy) is 1. The molecule has 1 aromatic rings. The summed E-state index contributed by atoms with van der Waals surface area (Å²) in [5.74, 6) is 0.715. The maximum atomic E-state index is 12.0. The van der Waals surface area contributed by atoms with Crippen molar-refractivity contribution >= 4 is 17.7 Å². The lowest BCUT2D eigenvalue weighted by atomic mass is 10.3. The average Bonchev–Trinajstić information content (AvgIpc) is 2.42. The van der Waals surface area contributed by atoms with Gasteiger partial charge < -0.3 is 15.0 Å². The molecule has 102 valence electrons. The summed E-state index contributed by atoms with van der Waals surface area (Å²) in [5, 5.41) is 2.70. The number of anilines is 1. The number of nitrogens with one attached hydrogen (secondary N) is 1. The first-order valence-corrected chi connectivity index (χ1v) is 6.09. The van der Waals surface area contributed by atoms with E-state index in [-0.39, 0.29) is 6.03 Å². The summed E-state index contributed by atoms with van der Waals surface area (Å²) in [5.41, 5.74) is 0.631. The largest absolute Gasteiger partial charge is 0.497 e. The van der Waals surface area contributed by atoms with Gasteiger partial charge in [-0.05, 0) is 30.7 Å². The number of imide groups is 1. The highest BCUT2D eigenvalue weighted by Crippen LogP contribution is 2.16. The van der Waals surface area contributed by atoms with Crippen molar-refractivity contribution in [3.8, 4) is 5.75 Å². The predicted molar refractivity (Wildman–Crippen MR) is 71.4 cm³/mol. The number of rotatable bonds is 2. The molecular weight excluding hydrogens is 246 g/mol. The summed E-state index contributed by atoms with van der Waals surface area (Å²) >= 11 is 0. The van der Waals surface area contributed by atoms with Gasteiger partial charge in [-0.3, -0.25) is 0 Å². The Balaban J connectivity index is 2.01. The molecule has 1 N–H and O–H groups in total. The van der Waals surface area contributed by atoms with E-state index in [1.165, 1.54) is 9.80 Å². The van der Waals surface area contributed by atoms with Crippen LogP contribution in [0.1, 0.15) is 6.42 Å². The first-order chi connectivity index (χ1) is 9.11. The maximum Gasteiger partial charge on any atom is 0.329 e.